The normalized spacial score (nSPS) is 25.1. The molecule has 0 N–H and O–H groups in total. The maximum atomic E-state index is 10.4. The van der Waals surface area contributed by atoms with E-state index in [1.165, 1.54) is 0 Å². The molecule has 0 amide bonds. The van der Waals surface area contributed by atoms with Gasteiger partial charge in [-0.15, -0.1) is 0 Å². The number of nitrogens with zero attached hydrogens (tertiary/aromatic N) is 3. The molecule has 3 nitrogen and oxygen atoms in total. The summed E-state index contributed by atoms with van der Waals surface area (Å²) in [5.41, 5.74) is 2.37. The first-order valence-corrected chi connectivity index (χ1v) is 12.4. The van der Waals surface area contributed by atoms with Gasteiger partial charge in [0.05, 0.1) is 17.8 Å². The van der Waals surface area contributed by atoms with Crippen LogP contribution in [0.5, 0.6) is 0 Å². The molecule has 2 unspecified atom stereocenters. The summed E-state index contributed by atoms with van der Waals surface area (Å²) in [6, 6.07) is 23.0. The number of aromatic nitrogens is 1. The van der Waals surface area contributed by atoms with E-state index in [1.807, 2.05) is 48.5 Å². The van der Waals surface area contributed by atoms with Crippen molar-refractivity contribution in [2.24, 2.45) is 0 Å². The number of pyridine rings is 1. The van der Waals surface area contributed by atoms with Crippen LogP contribution in [0.15, 0.2) is 71.3 Å². The van der Waals surface area contributed by atoms with Crippen LogP contribution in [0.25, 0.3) is 0 Å². The third-order valence-corrected chi connectivity index (χ3v) is 8.30. The van der Waals surface area contributed by atoms with E-state index >= 15 is 0 Å². The van der Waals surface area contributed by atoms with E-state index in [0.29, 0.717) is 0 Å². The van der Waals surface area contributed by atoms with Crippen molar-refractivity contribution in [1.29, 1.82) is 5.26 Å². The Kier molecular flexibility index (Phi) is 6.03. The predicted octanol–water partition coefficient (Wildman–Crippen LogP) is 7.33. The summed E-state index contributed by atoms with van der Waals surface area (Å²) in [5.74, 6) is 0. The lowest BCUT2D eigenvalue weighted by molar-refractivity contribution is 0.0738. The smallest absolute Gasteiger partial charge is 0.103 e. The summed E-state index contributed by atoms with van der Waals surface area (Å²) < 4.78 is 0.906. The molecule has 2 bridgehead atoms. The molecule has 5 rings (SSSR count). The fourth-order valence-corrected chi connectivity index (χ4v) is 6.78. The highest BCUT2D eigenvalue weighted by Crippen LogP contribution is 2.52. The van der Waals surface area contributed by atoms with Gasteiger partial charge in [-0.25, -0.2) is 0 Å². The molecule has 32 heavy (non-hydrogen) atoms. The van der Waals surface area contributed by atoms with Gasteiger partial charge < -0.3 is 0 Å². The molecule has 2 saturated heterocycles. The Morgan fingerprint density at radius 1 is 0.938 bits per heavy atom. The van der Waals surface area contributed by atoms with Crippen molar-refractivity contribution in [3.8, 4) is 6.07 Å². The SMILES string of the molecule is N#CC1(c2ncccc2Br)CC2CCC(C1)N2C(c1ccccc1Cl)c1ccccc1Cl. The Balaban J connectivity index is 1.60. The van der Waals surface area contributed by atoms with Gasteiger partial charge in [0, 0.05) is 32.8 Å². The molecule has 2 fully saturated rings. The molecule has 0 aliphatic carbocycles. The molecule has 0 radical (unpaired) electrons. The van der Waals surface area contributed by atoms with Crippen molar-refractivity contribution < 1.29 is 0 Å². The van der Waals surface area contributed by atoms with E-state index in [-0.39, 0.29) is 18.1 Å². The van der Waals surface area contributed by atoms with Gasteiger partial charge in [-0.05, 0) is 77.0 Å². The quantitative estimate of drug-likeness (QED) is 0.357. The van der Waals surface area contributed by atoms with Gasteiger partial charge in [-0.1, -0.05) is 59.6 Å². The standard InChI is InChI=1S/C26H22BrCl2N3/c27-21-8-5-13-31-25(21)26(16-30)14-17-11-12-18(15-26)32(17)24(19-6-1-3-9-22(19)28)20-7-2-4-10-23(20)29/h1-10,13,17-18,24H,11-12,14-15H2. The zero-order valence-corrected chi connectivity index (χ0v) is 20.5. The van der Waals surface area contributed by atoms with Crippen LogP contribution in [0.2, 0.25) is 10.0 Å². The monoisotopic (exact) mass is 525 g/mol. The van der Waals surface area contributed by atoms with Gasteiger partial charge in [-0.2, -0.15) is 5.26 Å². The number of fused-ring (bicyclic) bond motifs is 2. The van der Waals surface area contributed by atoms with E-state index in [2.05, 4.69) is 44.0 Å². The molecule has 1 aromatic heterocycles. The fraction of sp³-hybridized carbons (Fsp3) is 0.308. The first-order chi connectivity index (χ1) is 15.5. The van der Waals surface area contributed by atoms with E-state index in [1.54, 1.807) is 6.20 Å². The number of hydrogen-bond acceptors (Lipinski definition) is 3. The lowest BCUT2D eigenvalue weighted by atomic mass is 9.72. The third-order valence-electron chi connectivity index (χ3n) is 6.97. The Morgan fingerprint density at radius 2 is 1.50 bits per heavy atom. The highest BCUT2D eigenvalue weighted by molar-refractivity contribution is 9.10. The van der Waals surface area contributed by atoms with Crippen LogP contribution in [0, 0.1) is 11.3 Å². The zero-order valence-electron chi connectivity index (χ0n) is 17.4. The van der Waals surface area contributed by atoms with E-state index in [9.17, 15) is 5.26 Å². The Bertz CT molecular complexity index is 1130. The Hall–Kier alpha value is -1.90. The minimum atomic E-state index is -0.603. The maximum Gasteiger partial charge on any atom is 0.103 e. The molecule has 0 spiro atoms. The van der Waals surface area contributed by atoms with Gasteiger partial charge in [0.2, 0.25) is 0 Å². The second-order valence-corrected chi connectivity index (χ2v) is 10.4. The van der Waals surface area contributed by atoms with Gasteiger partial charge >= 0.3 is 0 Å². The lowest BCUT2D eigenvalue weighted by Crippen LogP contribution is -2.51. The van der Waals surface area contributed by atoms with Crippen LogP contribution in [0.3, 0.4) is 0 Å². The summed E-state index contributed by atoms with van der Waals surface area (Å²) in [6.45, 7) is 0. The number of piperidine rings is 1. The highest BCUT2D eigenvalue weighted by atomic mass is 79.9. The van der Waals surface area contributed by atoms with Gasteiger partial charge in [0.1, 0.15) is 5.41 Å². The molecule has 3 aromatic rings. The van der Waals surface area contributed by atoms with Crippen molar-refractivity contribution >= 4 is 39.1 Å². The molecular formula is C26H22BrCl2N3. The van der Waals surface area contributed by atoms with E-state index in [4.69, 9.17) is 23.2 Å². The number of nitriles is 1. The molecular weight excluding hydrogens is 505 g/mol. The molecule has 2 aliphatic heterocycles. The summed E-state index contributed by atoms with van der Waals surface area (Å²) >= 11 is 17.1. The molecule has 0 saturated carbocycles. The molecule has 6 heteroatoms. The zero-order chi connectivity index (χ0) is 22.3. The molecule has 3 heterocycles. The Morgan fingerprint density at radius 3 is 2.00 bits per heavy atom. The highest BCUT2D eigenvalue weighted by Gasteiger charge is 2.53. The number of benzene rings is 2. The van der Waals surface area contributed by atoms with Crippen LogP contribution in [-0.2, 0) is 5.41 Å². The Labute approximate surface area is 207 Å². The van der Waals surface area contributed by atoms with Crippen LogP contribution in [0.1, 0.15) is 48.5 Å². The van der Waals surface area contributed by atoms with Gasteiger partial charge in [0.25, 0.3) is 0 Å². The lowest BCUT2D eigenvalue weighted by Gasteiger charge is -2.47. The van der Waals surface area contributed by atoms with Gasteiger partial charge in [-0.3, -0.25) is 9.88 Å². The van der Waals surface area contributed by atoms with Crippen LogP contribution >= 0.6 is 39.1 Å². The van der Waals surface area contributed by atoms with Crippen molar-refractivity contribution in [2.75, 3.05) is 0 Å². The predicted molar refractivity (Wildman–Crippen MR) is 132 cm³/mol. The first-order valence-electron chi connectivity index (χ1n) is 10.8. The van der Waals surface area contributed by atoms with Crippen LogP contribution < -0.4 is 0 Å². The van der Waals surface area contributed by atoms with Crippen LogP contribution in [0.4, 0.5) is 0 Å². The maximum absolute atomic E-state index is 10.4. The fourth-order valence-electron chi connectivity index (χ4n) is 5.66. The van der Waals surface area contributed by atoms with Crippen LogP contribution in [-0.4, -0.2) is 22.0 Å². The summed E-state index contributed by atoms with van der Waals surface area (Å²) in [7, 11) is 0. The van der Waals surface area contributed by atoms with Crippen molar-refractivity contribution in [3.63, 3.8) is 0 Å². The molecule has 162 valence electrons. The van der Waals surface area contributed by atoms with E-state index in [0.717, 1.165) is 57.0 Å². The minimum Gasteiger partial charge on any atom is -0.286 e. The largest absolute Gasteiger partial charge is 0.286 e. The van der Waals surface area contributed by atoms with Crippen molar-refractivity contribution in [3.05, 3.63) is 98.2 Å². The first kappa shape index (κ1) is 21.9. The molecule has 2 aliphatic rings. The molecule has 2 aromatic carbocycles. The number of rotatable bonds is 4. The minimum absolute atomic E-state index is 0.0567. The van der Waals surface area contributed by atoms with Crippen molar-refractivity contribution in [2.45, 2.75) is 49.2 Å². The second kappa shape index (κ2) is 8.80. The molecule has 2 atom stereocenters. The summed E-state index contributed by atoms with van der Waals surface area (Å²) in [5, 5.41) is 11.8. The third kappa shape index (κ3) is 3.66. The van der Waals surface area contributed by atoms with Gasteiger partial charge in [0.15, 0.2) is 0 Å². The number of halogens is 3. The second-order valence-electron chi connectivity index (χ2n) is 8.71. The van der Waals surface area contributed by atoms with Crippen molar-refractivity contribution in [1.82, 2.24) is 9.88 Å². The van der Waals surface area contributed by atoms with E-state index < -0.39 is 5.41 Å². The average Bonchev–Trinajstić information content (AvgIpc) is 3.06. The summed E-state index contributed by atoms with van der Waals surface area (Å²) in [6.07, 6.45) is 5.35. The summed E-state index contributed by atoms with van der Waals surface area (Å²) in [4.78, 5) is 7.19. The number of hydrogen-bond donors (Lipinski definition) is 0. The average molecular weight is 527 g/mol. The topological polar surface area (TPSA) is 39.9 Å².